The van der Waals surface area contributed by atoms with Gasteiger partial charge in [-0.05, 0) is 60.9 Å². The number of hydrogen-bond acceptors (Lipinski definition) is 4. The van der Waals surface area contributed by atoms with E-state index in [0.717, 1.165) is 9.87 Å². The van der Waals surface area contributed by atoms with Crippen molar-refractivity contribution >= 4 is 38.9 Å². The first-order valence-corrected chi connectivity index (χ1v) is 13.8. The first-order chi connectivity index (χ1) is 17.9. The van der Waals surface area contributed by atoms with Crippen LogP contribution >= 0.6 is 11.6 Å². The van der Waals surface area contributed by atoms with Crippen LogP contribution in [0.4, 0.5) is 11.4 Å². The lowest BCUT2D eigenvalue weighted by Crippen LogP contribution is -2.32. The quantitative estimate of drug-likeness (QED) is 0.335. The minimum Gasteiger partial charge on any atom is -0.322 e. The molecule has 4 rings (SSSR count). The maximum Gasteiger partial charge on any atom is 0.296 e. The largest absolute Gasteiger partial charge is 0.322 e. The molecular weight excluding hydrogens is 524 g/mol. The molecular formula is C28H29ClN4O4S. The molecule has 4 aromatic rings. The normalized spacial score (nSPS) is 11.6. The van der Waals surface area contributed by atoms with Crippen LogP contribution in [-0.2, 0) is 17.1 Å². The second-order valence-electron chi connectivity index (χ2n) is 9.26. The van der Waals surface area contributed by atoms with E-state index in [1.54, 1.807) is 55.1 Å². The van der Waals surface area contributed by atoms with Gasteiger partial charge in [0, 0.05) is 19.8 Å². The Kier molecular flexibility index (Phi) is 7.53. The van der Waals surface area contributed by atoms with Gasteiger partial charge in [-0.25, -0.2) is 13.1 Å². The van der Waals surface area contributed by atoms with E-state index in [1.807, 2.05) is 18.2 Å². The molecule has 0 saturated heterocycles. The maximum atomic E-state index is 13.6. The molecule has 10 heteroatoms. The number of hydrogen-bond donors (Lipinski definition) is 1. The highest BCUT2D eigenvalue weighted by Crippen LogP contribution is 2.27. The van der Waals surface area contributed by atoms with Crippen LogP contribution in [-0.4, -0.2) is 30.7 Å². The third kappa shape index (κ3) is 4.99. The van der Waals surface area contributed by atoms with Crippen molar-refractivity contribution in [1.29, 1.82) is 0 Å². The lowest BCUT2D eigenvalue weighted by atomic mass is 10.0. The van der Waals surface area contributed by atoms with Crippen molar-refractivity contribution in [3.8, 4) is 5.69 Å². The van der Waals surface area contributed by atoms with Crippen molar-refractivity contribution in [3.63, 3.8) is 0 Å². The monoisotopic (exact) mass is 552 g/mol. The van der Waals surface area contributed by atoms with Crippen LogP contribution in [0.25, 0.3) is 5.69 Å². The van der Waals surface area contributed by atoms with Gasteiger partial charge in [0.25, 0.3) is 21.5 Å². The van der Waals surface area contributed by atoms with E-state index in [2.05, 4.69) is 19.2 Å². The lowest BCUT2D eigenvalue weighted by Gasteiger charge is -2.19. The number of aromatic nitrogens is 2. The molecule has 38 heavy (non-hydrogen) atoms. The van der Waals surface area contributed by atoms with Crippen LogP contribution in [0.1, 0.15) is 41.4 Å². The van der Waals surface area contributed by atoms with Gasteiger partial charge in [-0.2, -0.15) is 0 Å². The van der Waals surface area contributed by atoms with Gasteiger partial charge in [-0.3, -0.25) is 18.6 Å². The highest BCUT2D eigenvalue weighted by atomic mass is 35.5. The van der Waals surface area contributed by atoms with Crippen LogP contribution < -0.4 is 15.2 Å². The van der Waals surface area contributed by atoms with E-state index in [4.69, 9.17) is 11.6 Å². The Morgan fingerprint density at radius 2 is 1.63 bits per heavy atom. The number of carbonyl (C=O) groups is 1. The Morgan fingerprint density at radius 1 is 1.00 bits per heavy atom. The van der Waals surface area contributed by atoms with Gasteiger partial charge in [0.1, 0.15) is 5.69 Å². The summed E-state index contributed by atoms with van der Waals surface area (Å²) in [5, 5.41) is 2.87. The Morgan fingerprint density at radius 3 is 2.24 bits per heavy atom. The Hall–Kier alpha value is -3.82. The first kappa shape index (κ1) is 27.2. The molecule has 3 aromatic carbocycles. The fourth-order valence-electron chi connectivity index (χ4n) is 4.18. The number of nitrogens with one attached hydrogen (secondary N) is 1. The number of carbonyl (C=O) groups excluding carboxylic acids is 1. The smallest absolute Gasteiger partial charge is 0.296 e. The summed E-state index contributed by atoms with van der Waals surface area (Å²) in [4.78, 5) is 26.2. The van der Waals surface area contributed by atoms with Crippen molar-refractivity contribution in [2.45, 2.75) is 31.6 Å². The van der Waals surface area contributed by atoms with E-state index in [0.29, 0.717) is 23.0 Å². The molecule has 8 nitrogen and oxygen atoms in total. The molecule has 0 spiro atoms. The number of nitrogens with zero attached hydrogens (tertiary/aromatic N) is 3. The highest BCUT2D eigenvalue weighted by molar-refractivity contribution is 7.92. The van der Waals surface area contributed by atoms with Gasteiger partial charge in [-0.1, -0.05) is 55.8 Å². The number of benzene rings is 3. The number of halogens is 1. The van der Waals surface area contributed by atoms with Crippen molar-refractivity contribution in [2.75, 3.05) is 16.7 Å². The number of para-hydroxylation sites is 1. The van der Waals surface area contributed by atoms with Crippen molar-refractivity contribution < 1.29 is 13.2 Å². The SMILES string of the molecule is Cc1c(N(C)S(=O)(=O)c2ccc(Cl)c(C(=O)Nc3ccc(C(C)C)cc3)c2)c(=O)n(-c2ccccc2)n1C. The van der Waals surface area contributed by atoms with Crippen LogP contribution in [0.5, 0.6) is 0 Å². The third-order valence-corrected chi connectivity index (χ3v) is 8.60. The number of anilines is 2. The summed E-state index contributed by atoms with van der Waals surface area (Å²) in [5.41, 5.74) is 2.26. The van der Waals surface area contributed by atoms with Crippen molar-refractivity contribution in [3.05, 3.63) is 105 Å². The Labute approximate surface area is 227 Å². The van der Waals surface area contributed by atoms with Gasteiger partial charge in [-0.15, -0.1) is 0 Å². The molecule has 0 unspecified atom stereocenters. The zero-order valence-corrected chi connectivity index (χ0v) is 23.3. The summed E-state index contributed by atoms with van der Waals surface area (Å²) in [7, 11) is -1.21. The topological polar surface area (TPSA) is 93.4 Å². The van der Waals surface area contributed by atoms with E-state index >= 15 is 0 Å². The van der Waals surface area contributed by atoms with Gasteiger partial charge >= 0.3 is 0 Å². The fourth-order valence-corrected chi connectivity index (χ4v) is 5.66. The average molecular weight is 553 g/mol. The number of sulfonamides is 1. The average Bonchev–Trinajstić information content (AvgIpc) is 3.11. The minimum absolute atomic E-state index is 0.000517. The molecule has 1 amide bonds. The zero-order valence-electron chi connectivity index (χ0n) is 21.8. The number of amides is 1. The zero-order chi connectivity index (χ0) is 27.8. The Bertz CT molecular complexity index is 1660. The molecule has 0 saturated carbocycles. The fraction of sp³-hybridized carbons (Fsp3) is 0.214. The van der Waals surface area contributed by atoms with Gasteiger partial charge < -0.3 is 5.32 Å². The van der Waals surface area contributed by atoms with Crippen LogP contribution in [0.2, 0.25) is 5.02 Å². The number of rotatable bonds is 7. The Balaban J connectivity index is 1.68. The van der Waals surface area contributed by atoms with E-state index < -0.39 is 21.5 Å². The second kappa shape index (κ2) is 10.5. The molecule has 0 bridgehead atoms. The van der Waals surface area contributed by atoms with E-state index in [9.17, 15) is 18.0 Å². The van der Waals surface area contributed by atoms with E-state index in [-0.39, 0.29) is 21.2 Å². The van der Waals surface area contributed by atoms with Crippen LogP contribution in [0.15, 0.2) is 82.5 Å². The van der Waals surface area contributed by atoms with E-state index in [1.165, 1.54) is 29.9 Å². The summed E-state index contributed by atoms with van der Waals surface area (Å²) in [6.45, 7) is 5.82. The molecule has 0 aliphatic heterocycles. The van der Waals surface area contributed by atoms with Gasteiger partial charge in [0.2, 0.25) is 0 Å². The summed E-state index contributed by atoms with van der Waals surface area (Å²) < 4.78 is 31.2. The first-order valence-electron chi connectivity index (χ1n) is 12.0. The highest BCUT2D eigenvalue weighted by Gasteiger charge is 2.29. The van der Waals surface area contributed by atoms with Gasteiger partial charge in [0.05, 0.1) is 26.9 Å². The summed E-state index contributed by atoms with van der Waals surface area (Å²) >= 11 is 6.29. The second-order valence-corrected chi connectivity index (χ2v) is 11.6. The van der Waals surface area contributed by atoms with Crippen LogP contribution in [0.3, 0.4) is 0 Å². The molecule has 1 N–H and O–H groups in total. The van der Waals surface area contributed by atoms with Gasteiger partial charge in [0.15, 0.2) is 0 Å². The molecule has 1 aromatic heterocycles. The molecule has 0 radical (unpaired) electrons. The third-order valence-electron chi connectivity index (χ3n) is 6.51. The standard InChI is InChI=1S/C28H29ClN4O4S/c1-18(2)20-11-13-21(14-12-20)30-27(34)24-17-23(15-16-25(24)29)38(36,37)32(5)26-19(3)31(4)33(28(26)35)22-9-7-6-8-10-22/h6-18H,1-5H3,(H,30,34). The molecule has 1 heterocycles. The summed E-state index contributed by atoms with van der Waals surface area (Å²) in [5.74, 6) is -0.201. The van der Waals surface area contributed by atoms with Crippen molar-refractivity contribution in [1.82, 2.24) is 9.36 Å². The summed E-state index contributed by atoms with van der Waals surface area (Å²) in [6, 6.07) is 20.2. The minimum atomic E-state index is -4.22. The lowest BCUT2D eigenvalue weighted by molar-refractivity contribution is 0.102. The summed E-state index contributed by atoms with van der Waals surface area (Å²) in [6.07, 6.45) is 0. The van der Waals surface area contributed by atoms with Crippen molar-refractivity contribution in [2.24, 2.45) is 7.05 Å². The predicted molar refractivity (Wildman–Crippen MR) is 151 cm³/mol. The van der Waals surface area contributed by atoms with Crippen LogP contribution in [0, 0.1) is 6.92 Å². The molecule has 0 aliphatic carbocycles. The molecule has 198 valence electrons. The molecule has 0 fully saturated rings. The molecule has 0 atom stereocenters. The predicted octanol–water partition coefficient (Wildman–Crippen LogP) is 5.34. The maximum absolute atomic E-state index is 13.6. The molecule has 0 aliphatic rings.